The average molecular weight is 266 g/mol. The van der Waals surface area contributed by atoms with E-state index in [1.54, 1.807) is 0 Å². The van der Waals surface area contributed by atoms with Gasteiger partial charge in [-0.3, -0.25) is 4.99 Å². The number of nitrogens with one attached hydrogen (secondary N) is 1. The van der Waals surface area contributed by atoms with Crippen LogP contribution in [0.15, 0.2) is 53.5 Å². The van der Waals surface area contributed by atoms with Gasteiger partial charge in [-0.25, -0.2) is 0 Å². The minimum absolute atomic E-state index is 0.866. The molecule has 0 heterocycles. The Morgan fingerprint density at radius 2 is 1.90 bits per heavy atom. The van der Waals surface area contributed by atoms with E-state index in [0.717, 1.165) is 24.5 Å². The van der Waals surface area contributed by atoms with E-state index in [1.165, 1.54) is 16.3 Å². The lowest BCUT2D eigenvalue weighted by molar-refractivity contribution is 0.923. The van der Waals surface area contributed by atoms with E-state index in [1.807, 2.05) is 6.92 Å². The Morgan fingerprint density at radius 1 is 1.15 bits per heavy atom. The summed E-state index contributed by atoms with van der Waals surface area (Å²) < 4.78 is 0. The second-order valence-electron chi connectivity index (χ2n) is 4.82. The van der Waals surface area contributed by atoms with E-state index >= 15 is 0 Å². The van der Waals surface area contributed by atoms with Crippen LogP contribution < -0.4 is 5.32 Å². The monoisotopic (exact) mass is 266 g/mol. The van der Waals surface area contributed by atoms with E-state index in [2.05, 4.69) is 72.7 Å². The van der Waals surface area contributed by atoms with E-state index < -0.39 is 0 Å². The lowest BCUT2D eigenvalue weighted by atomic mass is 10.0. The highest BCUT2D eigenvalue weighted by molar-refractivity contribution is 5.97. The summed E-state index contributed by atoms with van der Waals surface area (Å²) in [6, 6.07) is 14.8. The first kappa shape index (κ1) is 14.3. The molecule has 0 aliphatic carbocycles. The lowest BCUT2D eigenvalue weighted by Crippen LogP contribution is -2.19. The first-order valence-electron chi connectivity index (χ1n) is 7.18. The maximum Gasteiger partial charge on any atom is 0.0975 e. The van der Waals surface area contributed by atoms with Gasteiger partial charge in [-0.1, -0.05) is 55.5 Å². The Hall–Kier alpha value is -2.09. The molecule has 0 unspecified atom stereocenters. The Morgan fingerprint density at radius 3 is 2.65 bits per heavy atom. The van der Waals surface area contributed by atoms with Gasteiger partial charge >= 0.3 is 0 Å². The highest BCUT2D eigenvalue weighted by atomic mass is 15.0. The number of amidine groups is 1. The van der Waals surface area contributed by atoms with Crippen molar-refractivity contribution in [2.75, 3.05) is 6.54 Å². The standard InChI is InChI=1S/C18H22N2/c1-4-13-19-14(3)20-18(5-2)17-12-8-10-15-9-6-7-11-16(15)17/h5-12H,4,13H2,1-3H3,(H,19,20)/b18-5-. The summed E-state index contributed by atoms with van der Waals surface area (Å²) >= 11 is 0. The molecule has 1 N–H and O–H groups in total. The molecule has 2 aromatic rings. The highest BCUT2D eigenvalue weighted by Gasteiger charge is 2.05. The van der Waals surface area contributed by atoms with Crippen molar-refractivity contribution in [3.8, 4) is 0 Å². The van der Waals surface area contributed by atoms with Crippen molar-refractivity contribution in [3.05, 3.63) is 54.1 Å². The number of benzene rings is 2. The lowest BCUT2D eigenvalue weighted by Gasteiger charge is -2.13. The zero-order chi connectivity index (χ0) is 14.4. The van der Waals surface area contributed by atoms with Crippen LogP contribution in [0, 0.1) is 0 Å². The molecular formula is C18H22N2. The van der Waals surface area contributed by atoms with Crippen LogP contribution in [-0.2, 0) is 0 Å². The fraction of sp³-hybridized carbons (Fsp3) is 0.278. The number of fused-ring (bicyclic) bond motifs is 1. The molecule has 0 saturated heterocycles. The van der Waals surface area contributed by atoms with Crippen molar-refractivity contribution in [1.82, 2.24) is 5.32 Å². The number of allylic oxidation sites excluding steroid dienone is 1. The third-order valence-corrected chi connectivity index (χ3v) is 3.26. The van der Waals surface area contributed by atoms with Crippen molar-refractivity contribution < 1.29 is 0 Å². The summed E-state index contributed by atoms with van der Waals surface area (Å²) in [6.07, 6.45) is 3.17. The van der Waals surface area contributed by atoms with Gasteiger partial charge in [0.15, 0.2) is 0 Å². The maximum absolute atomic E-state index is 4.50. The van der Waals surface area contributed by atoms with Gasteiger partial charge in [-0.05, 0) is 31.0 Å². The van der Waals surface area contributed by atoms with Gasteiger partial charge < -0.3 is 5.32 Å². The molecule has 0 aliphatic heterocycles. The van der Waals surface area contributed by atoms with Crippen molar-refractivity contribution in [3.63, 3.8) is 0 Å². The molecule has 0 fully saturated rings. The van der Waals surface area contributed by atoms with Gasteiger partial charge in [0.05, 0.1) is 5.84 Å². The zero-order valence-corrected chi connectivity index (χ0v) is 12.5. The van der Waals surface area contributed by atoms with E-state index in [0.29, 0.717) is 0 Å². The summed E-state index contributed by atoms with van der Waals surface area (Å²) in [7, 11) is 0. The van der Waals surface area contributed by atoms with Crippen LogP contribution in [-0.4, -0.2) is 12.4 Å². The number of hydrogen-bond acceptors (Lipinski definition) is 1. The molecule has 0 saturated carbocycles. The van der Waals surface area contributed by atoms with Gasteiger partial charge in [0, 0.05) is 17.8 Å². The summed E-state index contributed by atoms with van der Waals surface area (Å²) in [6.45, 7) is 7.07. The first-order chi connectivity index (χ1) is 9.76. The van der Waals surface area contributed by atoms with Crippen LogP contribution in [0.5, 0.6) is 0 Å². The van der Waals surface area contributed by atoms with Gasteiger partial charge in [-0.2, -0.15) is 0 Å². The first-order valence-corrected chi connectivity index (χ1v) is 7.18. The van der Waals surface area contributed by atoms with Crippen molar-refractivity contribution in [2.24, 2.45) is 4.99 Å². The van der Waals surface area contributed by atoms with E-state index in [9.17, 15) is 0 Å². The fourth-order valence-electron chi connectivity index (χ4n) is 2.27. The van der Waals surface area contributed by atoms with Gasteiger partial charge in [0.1, 0.15) is 0 Å². The molecule has 20 heavy (non-hydrogen) atoms. The summed E-state index contributed by atoms with van der Waals surface area (Å²) in [5.41, 5.74) is 2.33. The minimum Gasteiger partial charge on any atom is -0.344 e. The normalized spacial score (nSPS) is 12.8. The largest absolute Gasteiger partial charge is 0.344 e. The molecule has 2 aromatic carbocycles. The molecule has 2 nitrogen and oxygen atoms in total. The van der Waals surface area contributed by atoms with Crippen LogP contribution in [0.25, 0.3) is 16.5 Å². The SMILES string of the molecule is C/C=C(\NC(C)=NCCC)c1cccc2ccccc12. The van der Waals surface area contributed by atoms with Crippen LogP contribution in [0.1, 0.15) is 32.8 Å². The molecule has 0 aromatic heterocycles. The van der Waals surface area contributed by atoms with Crippen molar-refractivity contribution in [2.45, 2.75) is 27.2 Å². The minimum atomic E-state index is 0.866. The number of aliphatic imine (C=N–C) groups is 1. The van der Waals surface area contributed by atoms with Crippen LogP contribution >= 0.6 is 0 Å². The van der Waals surface area contributed by atoms with Gasteiger partial charge in [0.25, 0.3) is 0 Å². The quantitative estimate of drug-likeness (QED) is 0.634. The van der Waals surface area contributed by atoms with Gasteiger partial charge in [0.2, 0.25) is 0 Å². The maximum atomic E-state index is 4.50. The Balaban J connectivity index is 2.36. The summed E-state index contributed by atoms with van der Waals surface area (Å²) in [4.78, 5) is 4.50. The molecule has 0 spiro atoms. The molecule has 0 aliphatic rings. The summed E-state index contributed by atoms with van der Waals surface area (Å²) in [5.74, 6) is 0.966. The second-order valence-corrected chi connectivity index (χ2v) is 4.82. The second kappa shape index (κ2) is 6.90. The smallest absolute Gasteiger partial charge is 0.0975 e. The van der Waals surface area contributed by atoms with Crippen molar-refractivity contribution in [1.29, 1.82) is 0 Å². The number of nitrogens with zero attached hydrogens (tertiary/aromatic N) is 1. The number of rotatable bonds is 4. The van der Waals surface area contributed by atoms with Crippen LogP contribution in [0.2, 0.25) is 0 Å². The molecule has 104 valence electrons. The van der Waals surface area contributed by atoms with Crippen LogP contribution in [0.3, 0.4) is 0 Å². The third kappa shape index (κ3) is 3.27. The predicted octanol–water partition coefficient (Wildman–Crippen LogP) is 4.62. The Bertz CT molecular complexity index is 633. The number of hydrogen-bond donors (Lipinski definition) is 1. The Kier molecular flexibility index (Phi) is 4.94. The summed E-state index contributed by atoms with van der Waals surface area (Å²) in [5, 5.41) is 5.94. The molecule has 0 radical (unpaired) electrons. The van der Waals surface area contributed by atoms with E-state index in [4.69, 9.17) is 0 Å². The zero-order valence-electron chi connectivity index (χ0n) is 12.5. The third-order valence-electron chi connectivity index (χ3n) is 3.26. The molecule has 0 bridgehead atoms. The highest BCUT2D eigenvalue weighted by Crippen LogP contribution is 2.23. The molecule has 2 heteroatoms. The average Bonchev–Trinajstić information content (AvgIpc) is 2.50. The Labute approximate surface area is 121 Å². The molecule has 0 atom stereocenters. The van der Waals surface area contributed by atoms with Crippen molar-refractivity contribution >= 4 is 22.3 Å². The molecule has 2 rings (SSSR count). The fourth-order valence-corrected chi connectivity index (χ4v) is 2.27. The van der Waals surface area contributed by atoms with E-state index in [-0.39, 0.29) is 0 Å². The topological polar surface area (TPSA) is 24.4 Å². The van der Waals surface area contributed by atoms with Crippen LogP contribution in [0.4, 0.5) is 0 Å². The predicted molar refractivity (Wildman–Crippen MR) is 89.0 cm³/mol. The molecular weight excluding hydrogens is 244 g/mol. The van der Waals surface area contributed by atoms with Gasteiger partial charge in [-0.15, -0.1) is 0 Å². The molecule has 0 amide bonds.